The van der Waals surface area contributed by atoms with Crippen molar-refractivity contribution in [3.8, 4) is 0 Å². The number of nitrogens with one attached hydrogen (secondary N) is 1. The zero-order valence-corrected chi connectivity index (χ0v) is 13.9. The summed E-state index contributed by atoms with van der Waals surface area (Å²) in [5, 5.41) is 4.99. The molecule has 1 aromatic carbocycles. The molecule has 0 radical (unpaired) electrons. The SMILES string of the molecule is Clc1cccc(/C=C(/CNC2CC2)C2CCCCC2)c1Cl. The standard InChI is InChI=1S/C18H23Cl2N/c19-17-8-4-7-14(18(17)20)11-15(12-21-16-9-10-16)13-5-2-1-3-6-13/h4,7-8,11,13,16,21H,1-3,5-6,9-10,12H2/b15-11-. The van der Waals surface area contributed by atoms with Crippen LogP contribution in [-0.2, 0) is 0 Å². The summed E-state index contributed by atoms with van der Waals surface area (Å²) in [5.41, 5.74) is 2.56. The molecule has 0 heterocycles. The third-order valence-corrected chi connectivity index (χ3v) is 5.46. The van der Waals surface area contributed by atoms with Crippen LogP contribution in [-0.4, -0.2) is 12.6 Å². The highest BCUT2D eigenvalue weighted by Crippen LogP contribution is 2.33. The Morgan fingerprint density at radius 1 is 1.10 bits per heavy atom. The Hall–Kier alpha value is -0.500. The predicted molar refractivity (Wildman–Crippen MR) is 92.0 cm³/mol. The normalized spacial score (nSPS) is 20.8. The molecule has 3 heteroatoms. The van der Waals surface area contributed by atoms with Crippen LogP contribution in [0.15, 0.2) is 23.8 Å². The topological polar surface area (TPSA) is 12.0 Å². The average molecular weight is 324 g/mol. The molecule has 21 heavy (non-hydrogen) atoms. The van der Waals surface area contributed by atoms with Crippen LogP contribution < -0.4 is 5.32 Å². The fraction of sp³-hybridized carbons (Fsp3) is 0.556. The van der Waals surface area contributed by atoms with Crippen LogP contribution in [0.5, 0.6) is 0 Å². The van der Waals surface area contributed by atoms with Gasteiger partial charge in [0.1, 0.15) is 0 Å². The van der Waals surface area contributed by atoms with E-state index in [1.807, 2.05) is 12.1 Å². The molecule has 0 saturated heterocycles. The van der Waals surface area contributed by atoms with E-state index in [4.69, 9.17) is 23.2 Å². The molecule has 1 nitrogen and oxygen atoms in total. The first kappa shape index (κ1) is 15.4. The highest BCUT2D eigenvalue weighted by molar-refractivity contribution is 6.42. The Morgan fingerprint density at radius 3 is 2.57 bits per heavy atom. The van der Waals surface area contributed by atoms with Gasteiger partial charge in [-0.3, -0.25) is 0 Å². The lowest BCUT2D eigenvalue weighted by atomic mass is 9.83. The summed E-state index contributed by atoms with van der Waals surface area (Å²) < 4.78 is 0. The summed E-state index contributed by atoms with van der Waals surface area (Å²) in [4.78, 5) is 0. The molecule has 2 saturated carbocycles. The molecule has 2 fully saturated rings. The molecule has 114 valence electrons. The zero-order valence-electron chi connectivity index (χ0n) is 12.4. The van der Waals surface area contributed by atoms with E-state index in [9.17, 15) is 0 Å². The van der Waals surface area contributed by atoms with Crippen molar-refractivity contribution in [2.75, 3.05) is 6.54 Å². The molecule has 0 aromatic heterocycles. The predicted octanol–water partition coefficient (Wildman–Crippen LogP) is 5.71. The number of hydrogen-bond donors (Lipinski definition) is 1. The fourth-order valence-corrected chi connectivity index (χ4v) is 3.53. The molecule has 0 aliphatic heterocycles. The van der Waals surface area contributed by atoms with Crippen LogP contribution in [0.1, 0.15) is 50.5 Å². The van der Waals surface area contributed by atoms with Crippen LogP contribution in [0.25, 0.3) is 6.08 Å². The molecule has 2 aliphatic rings. The lowest BCUT2D eigenvalue weighted by Crippen LogP contribution is -2.24. The van der Waals surface area contributed by atoms with E-state index in [0.717, 1.165) is 18.2 Å². The van der Waals surface area contributed by atoms with Gasteiger partial charge in [-0.15, -0.1) is 0 Å². The van der Waals surface area contributed by atoms with Gasteiger partial charge in [-0.2, -0.15) is 0 Å². The highest BCUT2D eigenvalue weighted by atomic mass is 35.5. The van der Waals surface area contributed by atoms with Crippen LogP contribution in [0.4, 0.5) is 0 Å². The highest BCUT2D eigenvalue weighted by Gasteiger charge is 2.23. The van der Waals surface area contributed by atoms with Gasteiger partial charge in [-0.05, 0) is 43.2 Å². The summed E-state index contributed by atoms with van der Waals surface area (Å²) in [5.74, 6) is 0.708. The lowest BCUT2D eigenvalue weighted by Gasteiger charge is -2.25. The number of benzene rings is 1. The van der Waals surface area contributed by atoms with Gasteiger partial charge in [0, 0.05) is 12.6 Å². The van der Waals surface area contributed by atoms with Gasteiger partial charge < -0.3 is 5.32 Å². The molecule has 2 aliphatic carbocycles. The van der Waals surface area contributed by atoms with E-state index >= 15 is 0 Å². The molecular weight excluding hydrogens is 301 g/mol. The first-order valence-electron chi connectivity index (χ1n) is 8.12. The Bertz CT molecular complexity index is 514. The van der Waals surface area contributed by atoms with E-state index in [-0.39, 0.29) is 0 Å². The Morgan fingerprint density at radius 2 is 1.86 bits per heavy atom. The van der Waals surface area contributed by atoms with Gasteiger partial charge in [0.15, 0.2) is 0 Å². The monoisotopic (exact) mass is 323 g/mol. The second kappa shape index (κ2) is 7.17. The smallest absolute Gasteiger partial charge is 0.0664 e. The van der Waals surface area contributed by atoms with Crippen LogP contribution in [0.2, 0.25) is 10.0 Å². The quantitative estimate of drug-likeness (QED) is 0.731. The molecule has 0 unspecified atom stereocenters. The van der Waals surface area contributed by atoms with Gasteiger partial charge in [0.05, 0.1) is 10.0 Å². The summed E-state index contributed by atoms with van der Waals surface area (Å²) in [6.07, 6.45) is 11.7. The van der Waals surface area contributed by atoms with Gasteiger partial charge in [0.2, 0.25) is 0 Å². The molecule has 0 atom stereocenters. The Labute approximate surface area is 137 Å². The number of rotatable bonds is 5. The largest absolute Gasteiger partial charge is 0.310 e. The maximum Gasteiger partial charge on any atom is 0.0664 e. The summed E-state index contributed by atoms with van der Waals surface area (Å²) in [6.45, 7) is 0.998. The van der Waals surface area contributed by atoms with E-state index < -0.39 is 0 Å². The Balaban J connectivity index is 1.81. The van der Waals surface area contributed by atoms with Crippen molar-refractivity contribution in [3.63, 3.8) is 0 Å². The second-order valence-corrected chi connectivity index (χ2v) is 7.14. The minimum absolute atomic E-state index is 0.642. The molecule has 0 amide bonds. The molecule has 0 spiro atoms. The van der Waals surface area contributed by atoms with E-state index in [2.05, 4.69) is 17.5 Å². The van der Waals surface area contributed by atoms with Gasteiger partial charge in [0.25, 0.3) is 0 Å². The maximum atomic E-state index is 6.35. The molecule has 1 N–H and O–H groups in total. The van der Waals surface area contributed by atoms with Crippen molar-refractivity contribution in [2.24, 2.45) is 5.92 Å². The second-order valence-electron chi connectivity index (χ2n) is 6.35. The average Bonchev–Trinajstić information content (AvgIpc) is 3.33. The molecule has 0 bridgehead atoms. The van der Waals surface area contributed by atoms with Crippen molar-refractivity contribution >= 4 is 29.3 Å². The van der Waals surface area contributed by atoms with E-state index in [1.54, 1.807) is 0 Å². The lowest BCUT2D eigenvalue weighted by molar-refractivity contribution is 0.396. The molecule has 3 rings (SSSR count). The molecular formula is C18H23Cl2N. The Kier molecular flexibility index (Phi) is 5.26. The van der Waals surface area contributed by atoms with Gasteiger partial charge in [-0.1, -0.05) is 66.2 Å². The summed E-state index contributed by atoms with van der Waals surface area (Å²) in [7, 11) is 0. The maximum absolute atomic E-state index is 6.35. The number of halogens is 2. The third kappa shape index (κ3) is 4.25. The van der Waals surface area contributed by atoms with Crippen molar-refractivity contribution in [3.05, 3.63) is 39.4 Å². The van der Waals surface area contributed by atoms with E-state index in [1.165, 1.54) is 50.5 Å². The van der Waals surface area contributed by atoms with Crippen LogP contribution >= 0.6 is 23.2 Å². The van der Waals surface area contributed by atoms with Crippen molar-refractivity contribution in [1.82, 2.24) is 5.32 Å². The zero-order chi connectivity index (χ0) is 14.7. The summed E-state index contributed by atoms with van der Waals surface area (Å²) >= 11 is 12.5. The van der Waals surface area contributed by atoms with Crippen LogP contribution in [0.3, 0.4) is 0 Å². The fourth-order valence-electron chi connectivity index (χ4n) is 3.17. The minimum Gasteiger partial charge on any atom is -0.310 e. The molecule has 1 aromatic rings. The van der Waals surface area contributed by atoms with Crippen molar-refractivity contribution in [2.45, 2.75) is 51.0 Å². The van der Waals surface area contributed by atoms with Gasteiger partial charge in [-0.25, -0.2) is 0 Å². The van der Waals surface area contributed by atoms with Crippen LogP contribution in [0, 0.1) is 5.92 Å². The van der Waals surface area contributed by atoms with Gasteiger partial charge >= 0.3 is 0 Å². The minimum atomic E-state index is 0.642. The first-order valence-corrected chi connectivity index (χ1v) is 8.87. The van der Waals surface area contributed by atoms with E-state index in [0.29, 0.717) is 16.0 Å². The van der Waals surface area contributed by atoms with Crippen molar-refractivity contribution < 1.29 is 0 Å². The van der Waals surface area contributed by atoms with Crippen molar-refractivity contribution in [1.29, 1.82) is 0 Å². The third-order valence-electron chi connectivity index (χ3n) is 4.62. The summed E-state index contributed by atoms with van der Waals surface area (Å²) in [6, 6.07) is 6.64. The first-order chi connectivity index (χ1) is 10.2. The number of hydrogen-bond acceptors (Lipinski definition) is 1.